The highest BCUT2D eigenvalue weighted by atomic mass is 32.1. The van der Waals surface area contributed by atoms with E-state index in [1.54, 1.807) is 0 Å². The van der Waals surface area contributed by atoms with Gasteiger partial charge in [0, 0.05) is 17.9 Å². The maximum atomic E-state index is 4.50. The molecule has 0 aliphatic heterocycles. The van der Waals surface area contributed by atoms with Crippen molar-refractivity contribution in [3.05, 3.63) is 53.2 Å². The third-order valence-corrected chi connectivity index (χ3v) is 4.44. The molecular weight excluding hydrogens is 254 g/mol. The molecule has 3 aromatic rings. The Kier molecular flexibility index (Phi) is 3.36. The molecule has 0 amide bonds. The van der Waals surface area contributed by atoms with E-state index >= 15 is 0 Å². The normalized spacial score (nSPS) is 12.9. The SMILES string of the molecule is CNC(Cc1csc2ccccc12)c1ccn(C)n1. The molecule has 1 unspecified atom stereocenters. The summed E-state index contributed by atoms with van der Waals surface area (Å²) in [5.74, 6) is 0. The number of aryl methyl sites for hydroxylation is 1. The summed E-state index contributed by atoms with van der Waals surface area (Å²) >= 11 is 1.81. The molecule has 0 fully saturated rings. The van der Waals surface area contributed by atoms with E-state index in [0.717, 1.165) is 12.1 Å². The molecule has 3 rings (SSSR count). The number of likely N-dealkylation sites (N-methyl/N-ethyl adjacent to an activating group) is 1. The maximum absolute atomic E-state index is 4.50. The zero-order chi connectivity index (χ0) is 13.2. The highest BCUT2D eigenvalue weighted by molar-refractivity contribution is 7.17. The van der Waals surface area contributed by atoms with Crippen molar-refractivity contribution in [3.8, 4) is 0 Å². The van der Waals surface area contributed by atoms with E-state index in [9.17, 15) is 0 Å². The van der Waals surface area contributed by atoms with Gasteiger partial charge in [-0.3, -0.25) is 4.68 Å². The molecular formula is C15H17N3S. The first-order valence-corrected chi connectivity index (χ1v) is 7.28. The van der Waals surface area contributed by atoms with Crippen LogP contribution in [0, 0.1) is 0 Å². The Bertz CT molecular complexity index is 683. The number of hydrogen-bond acceptors (Lipinski definition) is 3. The van der Waals surface area contributed by atoms with Gasteiger partial charge in [-0.25, -0.2) is 0 Å². The fourth-order valence-electron chi connectivity index (χ4n) is 2.38. The Hall–Kier alpha value is -1.65. The van der Waals surface area contributed by atoms with E-state index in [2.05, 4.69) is 46.1 Å². The van der Waals surface area contributed by atoms with Crippen LogP contribution in [-0.4, -0.2) is 16.8 Å². The van der Waals surface area contributed by atoms with Crippen molar-refractivity contribution >= 4 is 21.4 Å². The lowest BCUT2D eigenvalue weighted by atomic mass is 10.0. The van der Waals surface area contributed by atoms with Crippen molar-refractivity contribution in [2.45, 2.75) is 12.5 Å². The summed E-state index contributed by atoms with van der Waals surface area (Å²) in [7, 11) is 3.95. The molecule has 0 aliphatic carbocycles. The van der Waals surface area contributed by atoms with Crippen molar-refractivity contribution in [2.75, 3.05) is 7.05 Å². The summed E-state index contributed by atoms with van der Waals surface area (Å²) in [5.41, 5.74) is 2.49. The van der Waals surface area contributed by atoms with Crippen molar-refractivity contribution in [2.24, 2.45) is 7.05 Å². The monoisotopic (exact) mass is 271 g/mol. The number of nitrogens with one attached hydrogen (secondary N) is 1. The van der Waals surface area contributed by atoms with Gasteiger partial charge >= 0.3 is 0 Å². The van der Waals surface area contributed by atoms with Gasteiger partial charge in [-0.1, -0.05) is 18.2 Å². The molecule has 3 nitrogen and oxygen atoms in total. The minimum atomic E-state index is 0.263. The van der Waals surface area contributed by atoms with Crippen molar-refractivity contribution in [1.29, 1.82) is 0 Å². The van der Waals surface area contributed by atoms with Crippen LogP contribution < -0.4 is 5.32 Å². The number of thiophene rings is 1. The van der Waals surface area contributed by atoms with Crippen LogP contribution in [0.3, 0.4) is 0 Å². The van der Waals surface area contributed by atoms with Gasteiger partial charge in [-0.2, -0.15) is 5.10 Å². The first-order chi connectivity index (χ1) is 9.28. The van der Waals surface area contributed by atoms with Crippen LogP contribution in [0.15, 0.2) is 41.9 Å². The van der Waals surface area contributed by atoms with Crippen LogP contribution >= 0.6 is 11.3 Å². The summed E-state index contributed by atoms with van der Waals surface area (Å²) in [6, 6.07) is 10.9. The van der Waals surface area contributed by atoms with Crippen LogP contribution in [0.1, 0.15) is 17.3 Å². The van der Waals surface area contributed by atoms with Crippen molar-refractivity contribution < 1.29 is 0 Å². The largest absolute Gasteiger partial charge is 0.311 e. The summed E-state index contributed by atoms with van der Waals surface area (Å²) < 4.78 is 3.21. The molecule has 1 atom stereocenters. The zero-order valence-electron chi connectivity index (χ0n) is 11.1. The van der Waals surface area contributed by atoms with Gasteiger partial charge in [0.2, 0.25) is 0 Å². The van der Waals surface area contributed by atoms with Crippen molar-refractivity contribution in [3.63, 3.8) is 0 Å². The van der Waals surface area contributed by atoms with E-state index < -0.39 is 0 Å². The molecule has 19 heavy (non-hydrogen) atoms. The highest BCUT2D eigenvalue weighted by Gasteiger charge is 2.15. The average Bonchev–Trinajstić information content (AvgIpc) is 3.03. The lowest BCUT2D eigenvalue weighted by molar-refractivity contribution is 0.565. The van der Waals surface area contributed by atoms with Crippen LogP contribution in [0.25, 0.3) is 10.1 Å². The minimum Gasteiger partial charge on any atom is -0.311 e. The second kappa shape index (κ2) is 5.15. The van der Waals surface area contributed by atoms with E-state index in [-0.39, 0.29) is 6.04 Å². The number of hydrogen-bond donors (Lipinski definition) is 1. The summed E-state index contributed by atoms with van der Waals surface area (Å²) in [5, 5.41) is 11.5. The molecule has 4 heteroatoms. The zero-order valence-corrected chi connectivity index (χ0v) is 11.9. The topological polar surface area (TPSA) is 29.9 Å². The van der Waals surface area contributed by atoms with Gasteiger partial charge in [0.1, 0.15) is 0 Å². The molecule has 0 radical (unpaired) electrons. The molecule has 1 N–H and O–H groups in total. The van der Waals surface area contributed by atoms with Crippen molar-refractivity contribution in [1.82, 2.24) is 15.1 Å². The van der Waals surface area contributed by atoms with E-state index in [4.69, 9.17) is 0 Å². The van der Waals surface area contributed by atoms with Gasteiger partial charge in [0.05, 0.1) is 11.7 Å². The number of fused-ring (bicyclic) bond motifs is 1. The minimum absolute atomic E-state index is 0.263. The summed E-state index contributed by atoms with van der Waals surface area (Å²) in [6.45, 7) is 0. The second-order valence-electron chi connectivity index (χ2n) is 4.72. The fraction of sp³-hybridized carbons (Fsp3) is 0.267. The lowest BCUT2D eigenvalue weighted by Gasteiger charge is -2.13. The van der Waals surface area contributed by atoms with Gasteiger partial charge < -0.3 is 5.32 Å². The molecule has 0 aliphatic rings. The number of rotatable bonds is 4. The maximum Gasteiger partial charge on any atom is 0.0797 e. The van der Waals surface area contributed by atoms with Gasteiger partial charge in [0.25, 0.3) is 0 Å². The van der Waals surface area contributed by atoms with Crippen LogP contribution in [-0.2, 0) is 13.5 Å². The standard InChI is InChI=1S/C15H17N3S/c1-16-14(13-7-8-18(2)17-13)9-11-10-19-15-6-4-3-5-12(11)15/h3-8,10,14,16H,9H2,1-2H3. The Morgan fingerprint density at radius 1 is 1.32 bits per heavy atom. The summed E-state index contributed by atoms with van der Waals surface area (Å²) in [6.07, 6.45) is 2.96. The van der Waals surface area contributed by atoms with Crippen LogP contribution in [0.4, 0.5) is 0 Å². The Morgan fingerprint density at radius 2 is 2.16 bits per heavy atom. The van der Waals surface area contributed by atoms with E-state index in [1.165, 1.54) is 15.6 Å². The van der Waals surface area contributed by atoms with E-state index in [0.29, 0.717) is 0 Å². The Balaban J connectivity index is 1.90. The molecule has 0 bridgehead atoms. The Labute approximate surface area is 116 Å². The quantitative estimate of drug-likeness (QED) is 0.790. The fourth-order valence-corrected chi connectivity index (χ4v) is 3.36. The van der Waals surface area contributed by atoms with Crippen LogP contribution in [0.5, 0.6) is 0 Å². The smallest absolute Gasteiger partial charge is 0.0797 e. The third kappa shape index (κ3) is 2.41. The highest BCUT2D eigenvalue weighted by Crippen LogP contribution is 2.28. The molecule has 2 aromatic heterocycles. The first kappa shape index (κ1) is 12.4. The van der Waals surface area contributed by atoms with Gasteiger partial charge in [0.15, 0.2) is 0 Å². The summed E-state index contributed by atoms with van der Waals surface area (Å²) in [4.78, 5) is 0. The molecule has 0 saturated carbocycles. The molecule has 0 spiro atoms. The molecule has 98 valence electrons. The third-order valence-electron chi connectivity index (χ3n) is 3.42. The number of aromatic nitrogens is 2. The molecule has 1 aromatic carbocycles. The predicted molar refractivity (Wildman–Crippen MR) is 80.5 cm³/mol. The van der Waals surface area contributed by atoms with Gasteiger partial charge in [-0.05, 0) is 41.9 Å². The predicted octanol–water partition coefficient (Wildman–Crippen LogP) is 3.14. The molecule has 2 heterocycles. The van der Waals surface area contributed by atoms with Gasteiger partial charge in [-0.15, -0.1) is 11.3 Å². The second-order valence-corrected chi connectivity index (χ2v) is 5.63. The number of nitrogens with zero attached hydrogens (tertiary/aromatic N) is 2. The average molecular weight is 271 g/mol. The Morgan fingerprint density at radius 3 is 2.89 bits per heavy atom. The van der Waals surface area contributed by atoms with Crippen LogP contribution in [0.2, 0.25) is 0 Å². The molecule has 0 saturated heterocycles. The van der Waals surface area contributed by atoms with E-state index in [1.807, 2.05) is 36.3 Å². The first-order valence-electron chi connectivity index (χ1n) is 6.40. The lowest BCUT2D eigenvalue weighted by Crippen LogP contribution is -2.19. The number of benzene rings is 1.